The third-order valence-corrected chi connectivity index (χ3v) is 1.29. The molecule has 0 radical (unpaired) electrons. The summed E-state index contributed by atoms with van der Waals surface area (Å²) < 4.78 is 1.31. The lowest BCUT2D eigenvalue weighted by molar-refractivity contribution is 0.188. The summed E-state index contributed by atoms with van der Waals surface area (Å²) in [7, 11) is 0. The van der Waals surface area contributed by atoms with Gasteiger partial charge in [-0.15, -0.1) is 0 Å². The van der Waals surface area contributed by atoms with Gasteiger partial charge in [-0.2, -0.15) is 0 Å². The Hall–Kier alpha value is -1.36. The van der Waals surface area contributed by atoms with Gasteiger partial charge in [0.05, 0.1) is 6.10 Å². The van der Waals surface area contributed by atoms with Gasteiger partial charge in [0.2, 0.25) is 0 Å². The van der Waals surface area contributed by atoms with Crippen molar-refractivity contribution in [1.29, 1.82) is 0 Å². The zero-order chi connectivity index (χ0) is 8.97. The summed E-state index contributed by atoms with van der Waals surface area (Å²) in [5, 5.41) is 11.4. The second-order valence-electron chi connectivity index (χ2n) is 2.51. The lowest BCUT2D eigenvalue weighted by atomic mass is 10.4. The van der Waals surface area contributed by atoms with Crippen LogP contribution in [-0.2, 0) is 0 Å². The molecule has 0 saturated carbocycles. The highest BCUT2D eigenvalue weighted by Gasteiger charge is 2.02. The van der Waals surface area contributed by atoms with Crippen molar-refractivity contribution in [2.75, 3.05) is 6.54 Å². The highest BCUT2D eigenvalue weighted by molar-refractivity contribution is 5.76. The molecule has 1 amide bonds. The molecule has 5 heteroatoms. The van der Waals surface area contributed by atoms with E-state index in [9.17, 15) is 4.79 Å². The van der Waals surface area contributed by atoms with Crippen molar-refractivity contribution < 1.29 is 9.90 Å². The number of imidazole rings is 1. The van der Waals surface area contributed by atoms with Crippen molar-refractivity contribution in [3.8, 4) is 0 Å². The Morgan fingerprint density at radius 1 is 1.83 bits per heavy atom. The van der Waals surface area contributed by atoms with E-state index in [2.05, 4.69) is 10.3 Å². The Labute approximate surface area is 70.0 Å². The van der Waals surface area contributed by atoms with Gasteiger partial charge in [0, 0.05) is 18.9 Å². The SMILES string of the molecule is C[C@H](O)CNC(=O)n1ccnc1. The predicted molar refractivity (Wildman–Crippen MR) is 42.7 cm³/mol. The van der Waals surface area contributed by atoms with E-state index in [-0.39, 0.29) is 12.6 Å². The van der Waals surface area contributed by atoms with Crippen LogP contribution in [-0.4, -0.2) is 33.3 Å². The largest absolute Gasteiger partial charge is 0.392 e. The maximum atomic E-state index is 11.1. The van der Waals surface area contributed by atoms with E-state index in [0.29, 0.717) is 0 Å². The molecule has 12 heavy (non-hydrogen) atoms. The van der Waals surface area contributed by atoms with E-state index in [4.69, 9.17) is 5.11 Å². The number of nitrogens with zero attached hydrogens (tertiary/aromatic N) is 2. The number of carbonyl (C=O) groups is 1. The van der Waals surface area contributed by atoms with Crippen molar-refractivity contribution in [3.63, 3.8) is 0 Å². The molecular weight excluding hydrogens is 158 g/mol. The van der Waals surface area contributed by atoms with E-state index < -0.39 is 6.10 Å². The van der Waals surface area contributed by atoms with Gasteiger partial charge in [-0.3, -0.25) is 4.57 Å². The van der Waals surface area contributed by atoms with Crippen LogP contribution in [0.1, 0.15) is 6.92 Å². The predicted octanol–water partition coefficient (Wildman–Crippen LogP) is -0.178. The highest BCUT2D eigenvalue weighted by Crippen LogP contribution is 1.84. The first kappa shape index (κ1) is 8.73. The van der Waals surface area contributed by atoms with Crippen LogP contribution in [0.5, 0.6) is 0 Å². The molecule has 0 aliphatic heterocycles. The first-order valence-corrected chi connectivity index (χ1v) is 3.64. The second-order valence-corrected chi connectivity index (χ2v) is 2.51. The highest BCUT2D eigenvalue weighted by atomic mass is 16.3. The zero-order valence-electron chi connectivity index (χ0n) is 6.77. The molecule has 1 heterocycles. The Balaban J connectivity index is 2.40. The average Bonchev–Trinajstić information content (AvgIpc) is 2.51. The van der Waals surface area contributed by atoms with Gasteiger partial charge in [0.1, 0.15) is 6.33 Å². The molecule has 1 rings (SSSR count). The molecule has 1 atom stereocenters. The second kappa shape index (κ2) is 3.87. The topological polar surface area (TPSA) is 67.2 Å². The number of nitrogens with one attached hydrogen (secondary N) is 1. The van der Waals surface area contributed by atoms with Crippen LogP contribution >= 0.6 is 0 Å². The number of carbonyl (C=O) groups excluding carboxylic acids is 1. The van der Waals surface area contributed by atoms with E-state index in [1.165, 1.54) is 23.3 Å². The van der Waals surface area contributed by atoms with Crippen LogP contribution in [0.15, 0.2) is 18.7 Å². The Morgan fingerprint density at radius 3 is 3.08 bits per heavy atom. The molecule has 1 aromatic heterocycles. The molecule has 0 saturated heterocycles. The number of aliphatic hydroxyl groups excluding tert-OH is 1. The summed E-state index contributed by atoms with van der Waals surface area (Å²) in [5.41, 5.74) is 0. The van der Waals surface area contributed by atoms with E-state index in [0.717, 1.165) is 0 Å². The lowest BCUT2D eigenvalue weighted by Crippen LogP contribution is -2.33. The lowest BCUT2D eigenvalue weighted by Gasteiger charge is -2.06. The number of aromatic nitrogens is 2. The first-order chi connectivity index (χ1) is 5.70. The number of aliphatic hydroxyl groups is 1. The van der Waals surface area contributed by atoms with Gasteiger partial charge >= 0.3 is 6.03 Å². The zero-order valence-corrected chi connectivity index (χ0v) is 6.77. The molecule has 0 aliphatic rings. The fourth-order valence-electron chi connectivity index (χ4n) is 0.706. The smallest absolute Gasteiger partial charge is 0.326 e. The van der Waals surface area contributed by atoms with Gasteiger partial charge in [-0.05, 0) is 6.92 Å². The maximum Gasteiger partial charge on any atom is 0.326 e. The summed E-state index contributed by atoms with van der Waals surface area (Å²) in [5.74, 6) is 0. The number of amides is 1. The molecule has 0 unspecified atom stereocenters. The van der Waals surface area contributed by atoms with Crippen LogP contribution in [0, 0.1) is 0 Å². The van der Waals surface area contributed by atoms with Gasteiger partial charge in [-0.1, -0.05) is 0 Å². The molecule has 0 bridgehead atoms. The molecule has 2 N–H and O–H groups in total. The Bertz CT molecular complexity index is 243. The van der Waals surface area contributed by atoms with Crippen molar-refractivity contribution in [1.82, 2.24) is 14.9 Å². The van der Waals surface area contributed by atoms with Crippen molar-refractivity contribution in [3.05, 3.63) is 18.7 Å². The van der Waals surface area contributed by atoms with Crippen LogP contribution in [0.2, 0.25) is 0 Å². The van der Waals surface area contributed by atoms with Crippen molar-refractivity contribution in [2.24, 2.45) is 0 Å². The average molecular weight is 169 g/mol. The van der Waals surface area contributed by atoms with Crippen LogP contribution < -0.4 is 5.32 Å². The van der Waals surface area contributed by atoms with Crippen molar-refractivity contribution >= 4 is 6.03 Å². The van der Waals surface area contributed by atoms with Gasteiger partial charge in [-0.25, -0.2) is 9.78 Å². The summed E-state index contributed by atoms with van der Waals surface area (Å²) in [6.07, 6.45) is 3.92. The summed E-state index contributed by atoms with van der Waals surface area (Å²) >= 11 is 0. The van der Waals surface area contributed by atoms with E-state index >= 15 is 0 Å². The molecule has 1 aromatic rings. The van der Waals surface area contributed by atoms with E-state index in [1.54, 1.807) is 6.92 Å². The van der Waals surface area contributed by atoms with Crippen LogP contribution in [0.25, 0.3) is 0 Å². The number of hydrogen-bond donors (Lipinski definition) is 2. The number of rotatable bonds is 2. The van der Waals surface area contributed by atoms with Crippen LogP contribution in [0.4, 0.5) is 4.79 Å². The monoisotopic (exact) mass is 169 g/mol. The van der Waals surface area contributed by atoms with Gasteiger partial charge in [0.25, 0.3) is 0 Å². The standard InChI is InChI=1S/C7H11N3O2/c1-6(11)4-9-7(12)10-3-2-8-5-10/h2-3,5-6,11H,4H2,1H3,(H,9,12)/t6-/m0/s1. The minimum atomic E-state index is -0.530. The molecular formula is C7H11N3O2. The van der Waals surface area contributed by atoms with Gasteiger partial charge < -0.3 is 10.4 Å². The Morgan fingerprint density at radius 2 is 2.58 bits per heavy atom. The normalized spacial score (nSPS) is 12.5. The van der Waals surface area contributed by atoms with Crippen molar-refractivity contribution in [2.45, 2.75) is 13.0 Å². The minimum Gasteiger partial charge on any atom is -0.392 e. The molecule has 0 aromatic carbocycles. The summed E-state index contributed by atoms with van der Waals surface area (Å²) in [6, 6.07) is -0.284. The Kier molecular flexibility index (Phi) is 2.82. The fourth-order valence-corrected chi connectivity index (χ4v) is 0.706. The van der Waals surface area contributed by atoms with E-state index in [1.807, 2.05) is 0 Å². The van der Waals surface area contributed by atoms with Crippen LogP contribution in [0.3, 0.4) is 0 Å². The maximum absolute atomic E-state index is 11.1. The van der Waals surface area contributed by atoms with Gasteiger partial charge in [0.15, 0.2) is 0 Å². The third-order valence-electron chi connectivity index (χ3n) is 1.29. The minimum absolute atomic E-state index is 0.247. The summed E-state index contributed by atoms with van der Waals surface area (Å²) in [4.78, 5) is 14.8. The number of hydrogen-bond acceptors (Lipinski definition) is 3. The third kappa shape index (κ3) is 2.35. The first-order valence-electron chi connectivity index (χ1n) is 3.64. The molecule has 5 nitrogen and oxygen atoms in total. The molecule has 66 valence electrons. The quantitative estimate of drug-likeness (QED) is 0.645. The fraction of sp³-hybridized carbons (Fsp3) is 0.429. The molecule has 0 aliphatic carbocycles. The molecule has 0 fully saturated rings. The summed E-state index contributed by atoms with van der Waals surface area (Å²) in [6.45, 7) is 1.85. The molecule has 0 spiro atoms.